The smallest absolute Gasteiger partial charge is 0.339 e. The number of rotatable bonds is 3. The van der Waals surface area contributed by atoms with Gasteiger partial charge in [-0.25, -0.2) is 4.79 Å². The van der Waals surface area contributed by atoms with Crippen LogP contribution in [0.1, 0.15) is 17.3 Å². The Morgan fingerprint density at radius 3 is 2.48 bits per heavy atom. The molecule has 25 heavy (non-hydrogen) atoms. The Kier molecular flexibility index (Phi) is 4.81. The first-order chi connectivity index (χ1) is 12.0. The van der Waals surface area contributed by atoms with Gasteiger partial charge in [-0.2, -0.15) is 0 Å². The van der Waals surface area contributed by atoms with Crippen LogP contribution in [0.5, 0.6) is 11.5 Å². The molecule has 1 heterocycles. The Morgan fingerprint density at radius 1 is 1.12 bits per heavy atom. The Hall–Kier alpha value is -2.73. The predicted molar refractivity (Wildman–Crippen MR) is 92.4 cm³/mol. The van der Waals surface area contributed by atoms with Crippen molar-refractivity contribution in [2.45, 2.75) is 19.1 Å². The number of hydrogen-bond donors (Lipinski definition) is 1. The normalized spacial score (nSPS) is 18.4. The lowest BCUT2D eigenvalue weighted by molar-refractivity contribution is -0.128. The third kappa shape index (κ3) is 3.53. The fraction of sp³-hybridized carbons (Fsp3) is 0.222. The van der Waals surface area contributed by atoms with E-state index >= 15 is 0 Å². The Labute approximate surface area is 149 Å². The monoisotopic (exact) mass is 361 g/mol. The number of halogens is 1. The van der Waals surface area contributed by atoms with E-state index in [-0.39, 0.29) is 11.3 Å². The molecule has 2 aromatic carbocycles. The Morgan fingerprint density at radius 2 is 1.80 bits per heavy atom. The van der Waals surface area contributed by atoms with Gasteiger partial charge in [0.1, 0.15) is 6.10 Å². The van der Waals surface area contributed by atoms with Gasteiger partial charge in [0.15, 0.2) is 11.5 Å². The first-order valence-electron chi connectivity index (χ1n) is 7.60. The molecule has 0 bridgehead atoms. The van der Waals surface area contributed by atoms with Crippen LogP contribution in [0.25, 0.3) is 0 Å². The number of esters is 1. The van der Waals surface area contributed by atoms with Crippen LogP contribution in [0.4, 0.5) is 5.69 Å². The number of carbonyl (C=O) groups is 2. The van der Waals surface area contributed by atoms with Gasteiger partial charge in [-0.1, -0.05) is 23.7 Å². The van der Waals surface area contributed by atoms with Gasteiger partial charge in [0, 0.05) is 5.02 Å². The van der Waals surface area contributed by atoms with E-state index in [9.17, 15) is 9.59 Å². The standard InChI is InChI=1S/C18H16ClNO5/c1-10-16(25-15-6-4-3-5-14(15)24-10)17(21)20-13-9-11(19)7-8-12(13)18(22)23-2/h3-10,16H,1-2H3,(H,20,21)/t10-,16-/m1/s1. The number of hydrogen-bond acceptors (Lipinski definition) is 5. The summed E-state index contributed by atoms with van der Waals surface area (Å²) in [7, 11) is 1.26. The molecule has 0 saturated heterocycles. The number of ether oxygens (including phenoxy) is 3. The molecule has 0 radical (unpaired) electrons. The highest BCUT2D eigenvalue weighted by molar-refractivity contribution is 6.31. The van der Waals surface area contributed by atoms with Crippen LogP contribution in [-0.4, -0.2) is 31.2 Å². The summed E-state index contributed by atoms with van der Waals surface area (Å²) in [6.45, 7) is 1.74. The molecule has 2 aromatic rings. The topological polar surface area (TPSA) is 73.9 Å². The minimum atomic E-state index is -0.876. The lowest BCUT2D eigenvalue weighted by atomic mass is 10.1. The molecule has 0 aliphatic carbocycles. The summed E-state index contributed by atoms with van der Waals surface area (Å²) >= 11 is 5.97. The van der Waals surface area contributed by atoms with Gasteiger partial charge in [0.25, 0.3) is 5.91 Å². The number of anilines is 1. The van der Waals surface area contributed by atoms with Crippen molar-refractivity contribution in [2.24, 2.45) is 0 Å². The summed E-state index contributed by atoms with van der Waals surface area (Å²) in [4.78, 5) is 24.5. The van der Waals surface area contributed by atoms with Gasteiger partial charge < -0.3 is 19.5 Å². The summed E-state index contributed by atoms with van der Waals surface area (Å²) in [5.74, 6) is 0.0395. The van der Waals surface area contributed by atoms with Crippen molar-refractivity contribution in [1.29, 1.82) is 0 Å². The van der Waals surface area contributed by atoms with Gasteiger partial charge in [0.2, 0.25) is 6.10 Å². The number of nitrogens with one attached hydrogen (secondary N) is 1. The quantitative estimate of drug-likeness (QED) is 0.849. The van der Waals surface area contributed by atoms with Crippen LogP contribution in [-0.2, 0) is 9.53 Å². The molecule has 7 heteroatoms. The number of amides is 1. The third-order valence-corrected chi connectivity index (χ3v) is 3.98. The summed E-state index contributed by atoms with van der Waals surface area (Å²) in [6, 6.07) is 11.6. The van der Waals surface area contributed by atoms with Crippen molar-refractivity contribution in [2.75, 3.05) is 12.4 Å². The summed E-state index contributed by atoms with van der Waals surface area (Å²) in [5, 5.41) is 3.05. The molecule has 0 unspecified atom stereocenters. The summed E-state index contributed by atoms with van der Waals surface area (Å²) < 4.78 is 16.2. The van der Waals surface area contributed by atoms with Crippen LogP contribution < -0.4 is 14.8 Å². The lowest BCUT2D eigenvalue weighted by Crippen LogP contribution is -2.46. The minimum absolute atomic E-state index is 0.199. The molecule has 1 N–H and O–H groups in total. The fourth-order valence-electron chi connectivity index (χ4n) is 2.52. The Balaban J connectivity index is 1.83. The lowest BCUT2D eigenvalue weighted by Gasteiger charge is -2.31. The van der Waals surface area contributed by atoms with E-state index in [4.69, 9.17) is 25.8 Å². The van der Waals surface area contributed by atoms with Crippen LogP contribution in [0, 0.1) is 0 Å². The number of para-hydroxylation sites is 2. The van der Waals surface area contributed by atoms with Crippen LogP contribution >= 0.6 is 11.6 Å². The average molecular weight is 362 g/mol. The largest absolute Gasteiger partial charge is 0.482 e. The van der Waals surface area contributed by atoms with Crippen molar-refractivity contribution in [3.8, 4) is 11.5 Å². The zero-order chi connectivity index (χ0) is 18.0. The Bertz CT molecular complexity index is 823. The number of fused-ring (bicyclic) bond motifs is 1. The summed E-state index contributed by atoms with van der Waals surface area (Å²) in [5.41, 5.74) is 0.448. The molecule has 3 rings (SSSR count). The average Bonchev–Trinajstić information content (AvgIpc) is 2.60. The molecule has 0 aromatic heterocycles. The molecule has 0 spiro atoms. The molecular formula is C18H16ClNO5. The van der Waals surface area contributed by atoms with Gasteiger partial charge in [0.05, 0.1) is 18.4 Å². The molecule has 1 aliphatic heterocycles. The van der Waals surface area contributed by atoms with Crippen LogP contribution in [0.2, 0.25) is 5.02 Å². The van der Waals surface area contributed by atoms with Crippen molar-refractivity contribution in [1.82, 2.24) is 0 Å². The van der Waals surface area contributed by atoms with Crippen molar-refractivity contribution in [3.63, 3.8) is 0 Å². The van der Waals surface area contributed by atoms with E-state index in [1.54, 1.807) is 31.2 Å². The van der Waals surface area contributed by atoms with Crippen molar-refractivity contribution in [3.05, 3.63) is 53.1 Å². The maximum absolute atomic E-state index is 12.7. The zero-order valence-electron chi connectivity index (χ0n) is 13.6. The highest BCUT2D eigenvalue weighted by atomic mass is 35.5. The van der Waals surface area contributed by atoms with Crippen molar-refractivity contribution < 1.29 is 23.8 Å². The zero-order valence-corrected chi connectivity index (χ0v) is 14.4. The second-order valence-electron chi connectivity index (χ2n) is 5.48. The highest BCUT2D eigenvalue weighted by Crippen LogP contribution is 2.34. The highest BCUT2D eigenvalue weighted by Gasteiger charge is 2.34. The summed E-state index contributed by atoms with van der Waals surface area (Å²) in [6.07, 6.45) is -1.38. The second-order valence-corrected chi connectivity index (χ2v) is 5.92. The third-order valence-electron chi connectivity index (χ3n) is 3.75. The number of methoxy groups -OCH3 is 1. The molecule has 0 fully saturated rings. The van der Waals surface area contributed by atoms with Gasteiger partial charge in [-0.05, 0) is 37.3 Å². The van der Waals surface area contributed by atoms with E-state index in [1.807, 2.05) is 6.07 Å². The van der Waals surface area contributed by atoms with E-state index in [2.05, 4.69) is 5.32 Å². The van der Waals surface area contributed by atoms with Crippen LogP contribution in [0.3, 0.4) is 0 Å². The molecule has 2 atom stereocenters. The first-order valence-corrected chi connectivity index (χ1v) is 7.98. The van der Waals surface area contributed by atoms with E-state index < -0.39 is 24.1 Å². The minimum Gasteiger partial charge on any atom is -0.482 e. The maximum atomic E-state index is 12.7. The van der Waals surface area contributed by atoms with E-state index in [1.165, 1.54) is 19.2 Å². The fourth-order valence-corrected chi connectivity index (χ4v) is 2.69. The first kappa shape index (κ1) is 17.1. The molecule has 1 aliphatic rings. The van der Waals surface area contributed by atoms with E-state index in [0.717, 1.165) is 0 Å². The second kappa shape index (κ2) is 7.03. The molecule has 0 saturated carbocycles. The molecule has 130 valence electrons. The molecule has 6 nitrogen and oxygen atoms in total. The van der Waals surface area contributed by atoms with Crippen molar-refractivity contribution >= 4 is 29.2 Å². The van der Waals surface area contributed by atoms with Crippen LogP contribution in [0.15, 0.2) is 42.5 Å². The van der Waals surface area contributed by atoms with E-state index in [0.29, 0.717) is 16.5 Å². The van der Waals surface area contributed by atoms with Gasteiger partial charge >= 0.3 is 5.97 Å². The molecule has 1 amide bonds. The number of benzene rings is 2. The molecular weight excluding hydrogens is 346 g/mol. The van der Waals surface area contributed by atoms with Gasteiger partial charge in [-0.15, -0.1) is 0 Å². The van der Waals surface area contributed by atoms with Gasteiger partial charge in [-0.3, -0.25) is 4.79 Å². The SMILES string of the molecule is COC(=O)c1ccc(Cl)cc1NC(=O)[C@@H]1Oc2ccccc2O[C@@H]1C. The number of carbonyl (C=O) groups excluding carboxylic acids is 2. The maximum Gasteiger partial charge on any atom is 0.339 e. The predicted octanol–water partition coefficient (Wildman–Crippen LogP) is 3.29.